The molecule has 4 rings (SSSR count). The van der Waals surface area contributed by atoms with Gasteiger partial charge in [-0.2, -0.15) is 4.68 Å². The number of carbonyl (C=O) groups is 1. The quantitative estimate of drug-likeness (QED) is 0.743. The van der Waals surface area contributed by atoms with Gasteiger partial charge in [-0.1, -0.05) is 48.0 Å². The second-order valence-electron chi connectivity index (χ2n) is 7.42. The van der Waals surface area contributed by atoms with E-state index in [4.69, 9.17) is 0 Å². The molecule has 1 unspecified atom stereocenters. The first kappa shape index (κ1) is 18.2. The minimum atomic E-state index is -0.293. The molecule has 1 atom stereocenters. The van der Waals surface area contributed by atoms with Gasteiger partial charge in [0.1, 0.15) is 0 Å². The summed E-state index contributed by atoms with van der Waals surface area (Å²) in [5, 5.41) is 14.9. The highest BCUT2D eigenvalue weighted by Crippen LogP contribution is 2.22. The molecular weight excluding hydrogens is 352 g/mol. The number of nitrogens with one attached hydrogen (secondary N) is 1. The molecule has 144 valence electrons. The molecular formula is C21H24N6O. The van der Waals surface area contributed by atoms with Gasteiger partial charge in [0.05, 0.1) is 11.7 Å². The van der Waals surface area contributed by atoms with Gasteiger partial charge in [-0.05, 0) is 54.3 Å². The molecule has 1 aromatic heterocycles. The number of para-hydroxylation sites is 1. The first-order valence-corrected chi connectivity index (χ1v) is 9.55. The van der Waals surface area contributed by atoms with Crippen LogP contribution in [0.3, 0.4) is 0 Å². The lowest BCUT2D eigenvalue weighted by Gasteiger charge is -2.39. The third kappa shape index (κ3) is 3.88. The fourth-order valence-electron chi connectivity index (χ4n) is 3.60. The van der Waals surface area contributed by atoms with Crippen LogP contribution in [0.1, 0.15) is 29.9 Å². The number of likely N-dealkylation sites (tertiary alicyclic amines) is 1. The van der Waals surface area contributed by atoms with Gasteiger partial charge < -0.3 is 10.2 Å². The van der Waals surface area contributed by atoms with Crippen molar-refractivity contribution in [1.29, 1.82) is 0 Å². The lowest BCUT2D eigenvalue weighted by Crippen LogP contribution is -2.54. The Bertz CT molecular complexity index is 948. The summed E-state index contributed by atoms with van der Waals surface area (Å²) in [5.74, 6) is 1.12. The van der Waals surface area contributed by atoms with Gasteiger partial charge in [0, 0.05) is 13.1 Å². The molecule has 2 amide bonds. The molecule has 2 heterocycles. The number of benzene rings is 2. The average Bonchev–Trinajstić information content (AvgIpc) is 3.15. The molecule has 0 spiro atoms. The number of hydrogen-bond donors (Lipinski definition) is 1. The van der Waals surface area contributed by atoms with Crippen LogP contribution in [0.4, 0.5) is 4.79 Å². The SMILES string of the molecule is Cc1cccc(CC2CN(C(=O)NC(C)c3nnnn3-c3ccccc3)C2)c1. The zero-order valence-electron chi connectivity index (χ0n) is 16.1. The maximum atomic E-state index is 12.6. The Hall–Kier alpha value is -3.22. The Morgan fingerprint density at radius 2 is 1.96 bits per heavy atom. The molecule has 1 fully saturated rings. The van der Waals surface area contributed by atoms with E-state index in [0.717, 1.165) is 25.2 Å². The maximum Gasteiger partial charge on any atom is 0.317 e. The standard InChI is InChI=1S/C21H24N6O/c1-15-7-6-8-17(11-15)12-18-13-26(14-18)21(28)22-16(2)20-23-24-25-27(20)19-9-4-3-5-10-19/h3-11,16,18H,12-14H2,1-2H3,(H,22,28). The molecule has 7 nitrogen and oxygen atoms in total. The third-order valence-electron chi connectivity index (χ3n) is 5.07. The van der Waals surface area contributed by atoms with Crippen molar-refractivity contribution in [3.8, 4) is 5.69 Å². The topological polar surface area (TPSA) is 75.9 Å². The fourth-order valence-corrected chi connectivity index (χ4v) is 3.60. The van der Waals surface area contributed by atoms with Crippen LogP contribution in [-0.2, 0) is 6.42 Å². The Balaban J connectivity index is 1.32. The molecule has 0 bridgehead atoms. The molecule has 1 N–H and O–H groups in total. The van der Waals surface area contributed by atoms with Crippen LogP contribution in [-0.4, -0.2) is 44.2 Å². The summed E-state index contributed by atoms with van der Waals surface area (Å²) < 4.78 is 1.65. The van der Waals surface area contributed by atoms with Gasteiger partial charge in [0.2, 0.25) is 0 Å². The Labute approximate surface area is 164 Å². The molecule has 7 heteroatoms. The van der Waals surface area contributed by atoms with E-state index in [1.165, 1.54) is 11.1 Å². The number of carbonyl (C=O) groups excluding carboxylic acids is 1. The van der Waals surface area contributed by atoms with Crippen LogP contribution in [0.25, 0.3) is 5.69 Å². The van der Waals surface area contributed by atoms with Gasteiger partial charge >= 0.3 is 6.03 Å². The smallest absolute Gasteiger partial charge is 0.317 e. The number of urea groups is 1. The summed E-state index contributed by atoms with van der Waals surface area (Å²) in [5.41, 5.74) is 3.47. The molecule has 2 aromatic carbocycles. The fraction of sp³-hybridized carbons (Fsp3) is 0.333. The Kier molecular flexibility index (Phi) is 5.06. The molecule has 3 aromatic rings. The molecule has 0 saturated carbocycles. The van der Waals surface area contributed by atoms with Crippen molar-refractivity contribution in [2.75, 3.05) is 13.1 Å². The number of amides is 2. The van der Waals surface area contributed by atoms with Crippen LogP contribution in [0, 0.1) is 12.8 Å². The molecule has 28 heavy (non-hydrogen) atoms. The van der Waals surface area contributed by atoms with Crippen molar-refractivity contribution in [3.05, 3.63) is 71.5 Å². The number of rotatable bonds is 5. The predicted molar refractivity (Wildman–Crippen MR) is 106 cm³/mol. The average molecular weight is 376 g/mol. The van der Waals surface area contributed by atoms with E-state index in [1.807, 2.05) is 42.2 Å². The molecule has 1 saturated heterocycles. The summed E-state index contributed by atoms with van der Waals surface area (Å²) in [7, 11) is 0. The largest absolute Gasteiger partial charge is 0.328 e. The van der Waals surface area contributed by atoms with Crippen molar-refractivity contribution in [1.82, 2.24) is 30.4 Å². The summed E-state index contributed by atoms with van der Waals surface area (Å²) in [6, 6.07) is 17.9. The molecule has 0 radical (unpaired) electrons. The lowest BCUT2D eigenvalue weighted by atomic mass is 9.92. The van der Waals surface area contributed by atoms with E-state index < -0.39 is 0 Å². The first-order valence-electron chi connectivity index (χ1n) is 9.55. The highest BCUT2D eigenvalue weighted by molar-refractivity contribution is 5.75. The minimum absolute atomic E-state index is 0.0735. The molecule has 0 aliphatic carbocycles. The van der Waals surface area contributed by atoms with Crippen molar-refractivity contribution >= 4 is 6.03 Å². The van der Waals surface area contributed by atoms with E-state index in [-0.39, 0.29) is 12.1 Å². The van der Waals surface area contributed by atoms with Gasteiger partial charge in [0.15, 0.2) is 5.82 Å². The number of tetrazole rings is 1. The Morgan fingerprint density at radius 1 is 1.18 bits per heavy atom. The van der Waals surface area contributed by atoms with Crippen LogP contribution in [0.15, 0.2) is 54.6 Å². The van der Waals surface area contributed by atoms with Crippen molar-refractivity contribution in [3.63, 3.8) is 0 Å². The molecule has 1 aliphatic heterocycles. The summed E-state index contributed by atoms with van der Waals surface area (Å²) in [6.07, 6.45) is 1.01. The van der Waals surface area contributed by atoms with E-state index >= 15 is 0 Å². The highest BCUT2D eigenvalue weighted by Gasteiger charge is 2.32. The second kappa shape index (κ2) is 7.80. The first-order chi connectivity index (χ1) is 13.6. The number of hydrogen-bond acceptors (Lipinski definition) is 4. The van der Waals surface area contributed by atoms with E-state index in [2.05, 4.69) is 52.0 Å². The summed E-state index contributed by atoms with van der Waals surface area (Å²) >= 11 is 0. The van der Waals surface area contributed by atoms with Crippen LogP contribution < -0.4 is 5.32 Å². The van der Waals surface area contributed by atoms with Gasteiger partial charge in [-0.15, -0.1) is 5.10 Å². The van der Waals surface area contributed by atoms with Crippen LogP contribution in [0.2, 0.25) is 0 Å². The highest BCUT2D eigenvalue weighted by atomic mass is 16.2. The van der Waals surface area contributed by atoms with Crippen molar-refractivity contribution in [2.45, 2.75) is 26.3 Å². The van der Waals surface area contributed by atoms with E-state index in [9.17, 15) is 4.79 Å². The number of aryl methyl sites for hydroxylation is 1. The molecule has 1 aliphatic rings. The predicted octanol–water partition coefficient (Wildman–Crippen LogP) is 2.92. The minimum Gasteiger partial charge on any atom is -0.328 e. The van der Waals surface area contributed by atoms with Crippen molar-refractivity contribution in [2.24, 2.45) is 5.92 Å². The van der Waals surface area contributed by atoms with Gasteiger partial charge in [-0.25, -0.2) is 4.79 Å². The van der Waals surface area contributed by atoms with Crippen LogP contribution >= 0.6 is 0 Å². The zero-order chi connectivity index (χ0) is 19.5. The van der Waals surface area contributed by atoms with Gasteiger partial charge in [0.25, 0.3) is 0 Å². The van der Waals surface area contributed by atoms with Crippen LogP contribution in [0.5, 0.6) is 0 Å². The third-order valence-corrected chi connectivity index (χ3v) is 5.07. The zero-order valence-corrected chi connectivity index (χ0v) is 16.1. The normalized spacial score (nSPS) is 15.1. The Morgan fingerprint density at radius 3 is 2.71 bits per heavy atom. The van der Waals surface area contributed by atoms with E-state index in [1.54, 1.807) is 4.68 Å². The maximum absolute atomic E-state index is 12.6. The lowest BCUT2D eigenvalue weighted by molar-refractivity contribution is 0.118. The van der Waals surface area contributed by atoms with E-state index in [0.29, 0.717) is 11.7 Å². The number of nitrogens with zero attached hydrogens (tertiary/aromatic N) is 5. The summed E-state index contributed by atoms with van der Waals surface area (Å²) in [6.45, 7) is 5.55. The van der Waals surface area contributed by atoms with Crippen molar-refractivity contribution < 1.29 is 4.79 Å². The number of aromatic nitrogens is 4. The van der Waals surface area contributed by atoms with Gasteiger partial charge in [-0.3, -0.25) is 0 Å². The second-order valence-corrected chi connectivity index (χ2v) is 7.42. The summed E-state index contributed by atoms with van der Waals surface area (Å²) in [4.78, 5) is 14.4. The monoisotopic (exact) mass is 376 g/mol.